The van der Waals surface area contributed by atoms with Crippen molar-refractivity contribution < 1.29 is 18.8 Å². The molecule has 1 fully saturated rings. The molecule has 6 nitrogen and oxygen atoms in total. The SMILES string of the molecule is CC(C)C(Cc1ncc(C(C)(C)C)o1)C(=O)CC1CCNC(=O)C1=O. The second-order valence-corrected chi connectivity index (χ2v) is 8.20. The van der Waals surface area contributed by atoms with Crippen LogP contribution in [0.4, 0.5) is 0 Å². The van der Waals surface area contributed by atoms with Gasteiger partial charge in [-0.2, -0.15) is 0 Å². The van der Waals surface area contributed by atoms with Crippen LogP contribution in [0, 0.1) is 17.8 Å². The highest BCUT2D eigenvalue weighted by Gasteiger charge is 2.34. The zero-order valence-corrected chi connectivity index (χ0v) is 15.7. The van der Waals surface area contributed by atoms with Crippen LogP contribution >= 0.6 is 0 Å². The van der Waals surface area contributed by atoms with Gasteiger partial charge in [0.1, 0.15) is 11.5 Å². The highest BCUT2D eigenvalue weighted by molar-refractivity contribution is 6.37. The van der Waals surface area contributed by atoms with Crippen molar-refractivity contribution in [1.82, 2.24) is 10.3 Å². The number of amides is 1. The van der Waals surface area contributed by atoms with Crippen LogP contribution in [0.15, 0.2) is 10.6 Å². The number of Topliss-reactive ketones (excluding diaryl/α,β-unsaturated/α-hetero) is 2. The molecule has 1 aromatic rings. The smallest absolute Gasteiger partial charge is 0.287 e. The van der Waals surface area contributed by atoms with Gasteiger partial charge >= 0.3 is 0 Å². The minimum absolute atomic E-state index is 0.00133. The van der Waals surface area contributed by atoms with E-state index in [2.05, 4.69) is 10.3 Å². The molecule has 2 unspecified atom stereocenters. The number of hydrogen-bond acceptors (Lipinski definition) is 5. The lowest BCUT2D eigenvalue weighted by Gasteiger charge is -2.24. The fourth-order valence-electron chi connectivity index (χ4n) is 3.01. The topological polar surface area (TPSA) is 89.3 Å². The quantitative estimate of drug-likeness (QED) is 0.798. The molecule has 2 rings (SSSR count). The summed E-state index contributed by atoms with van der Waals surface area (Å²) in [6.07, 6.45) is 2.77. The minimum atomic E-state index is -0.576. The molecule has 1 amide bonds. The summed E-state index contributed by atoms with van der Waals surface area (Å²) < 4.78 is 5.81. The monoisotopic (exact) mass is 348 g/mol. The largest absolute Gasteiger partial charge is 0.445 e. The summed E-state index contributed by atoms with van der Waals surface area (Å²) in [6.45, 7) is 10.5. The molecule has 1 N–H and O–H groups in total. The van der Waals surface area contributed by atoms with Crippen LogP contribution in [0.3, 0.4) is 0 Å². The lowest BCUT2D eigenvalue weighted by molar-refractivity contribution is -0.143. The van der Waals surface area contributed by atoms with Crippen molar-refractivity contribution >= 4 is 17.5 Å². The molecule has 1 saturated heterocycles. The van der Waals surface area contributed by atoms with E-state index in [9.17, 15) is 14.4 Å². The lowest BCUT2D eigenvalue weighted by atomic mass is 9.81. The first kappa shape index (κ1) is 19.3. The predicted octanol–water partition coefficient (Wildman–Crippen LogP) is 2.45. The van der Waals surface area contributed by atoms with Crippen molar-refractivity contribution in [2.75, 3.05) is 6.54 Å². The Morgan fingerprint density at radius 3 is 2.60 bits per heavy atom. The Kier molecular flexibility index (Phi) is 5.80. The van der Waals surface area contributed by atoms with Crippen LogP contribution < -0.4 is 5.32 Å². The standard InChI is InChI=1S/C19H28N2O4/c1-11(2)13(9-16-21-10-15(25-16)19(3,4)5)14(22)8-12-6-7-20-18(24)17(12)23/h10-13H,6-9H2,1-5H3,(H,20,24). The molecule has 0 aliphatic carbocycles. The molecule has 1 aliphatic rings. The molecule has 1 aliphatic heterocycles. The van der Waals surface area contributed by atoms with Crippen molar-refractivity contribution in [2.45, 2.75) is 59.3 Å². The Hall–Kier alpha value is -1.98. The van der Waals surface area contributed by atoms with Gasteiger partial charge in [-0.15, -0.1) is 0 Å². The zero-order valence-electron chi connectivity index (χ0n) is 15.7. The van der Waals surface area contributed by atoms with E-state index in [0.717, 1.165) is 5.76 Å². The van der Waals surface area contributed by atoms with Gasteiger partial charge in [-0.3, -0.25) is 14.4 Å². The van der Waals surface area contributed by atoms with Gasteiger partial charge in [0, 0.05) is 36.6 Å². The molecule has 0 bridgehead atoms. The summed E-state index contributed by atoms with van der Waals surface area (Å²) >= 11 is 0. The second kappa shape index (κ2) is 7.50. The van der Waals surface area contributed by atoms with E-state index in [4.69, 9.17) is 4.42 Å². The number of ketones is 2. The number of nitrogens with zero attached hydrogens (tertiary/aromatic N) is 1. The average Bonchev–Trinajstić information content (AvgIpc) is 2.98. The highest BCUT2D eigenvalue weighted by atomic mass is 16.4. The number of nitrogens with one attached hydrogen (secondary N) is 1. The van der Waals surface area contributed by atoms with Gasteiger partial charge in [-0.05, 0) is 12.3 Å². The van der Waals surface area contributed by atoms with Gasteiger partial charge < -0.3 is 9.73 Å². The van der Waals surface area contributed by atoms with Crippen molar-refractivity contribution in [3.63, 3.8) is 0 Å². The van der Waals surface area contributed by atoms with E-state index in [1.54, 1.807) is 6.20 Å². The number of rotatable bonds is 6. The van der Waals surface area contributed by atoms with Gasteiger partial charge in [0.15, 0.2) is 5.89 Å². The van der Waals surface area contributed by atoms with Gasteiger partial charge in [0.2, 0.25) is 5.78 Å². The first-order valence-corrected chi connectivity index (χ1v) is 8.89. The summed E-state index contributed by atoms with van der Waals surface area (Å²) in [6, 6.07) is 0. The third kappa shape index (κ3) is 4.77. The molecule has 0 saturated carbocycles. The molecule has 1 aromatic heterocycles. The van der Waals surface area contributed by atoms with E-state index in [1.807, 2.05) is 34.6 Å². The molecular formula is C19H28N2O4. The summed E-state index contributed by atoms with van der Waals surface area (Å²) in [5.41, 5.74) is -0.134. The molecule has 138 valence electrons. The van der Waals surface area contributed by atoms with Gasteiger partial charge in [0.05, 0.1) is 6.20 Å². The number of carbonyl (C=O) groups excluding carboxylic acids is 3. The summed E-state index contributed by atoms with van der Waals surface area (Å²) in [7, 11) is 0. The van der Waals surface area contributed by atoms with Crippen LogP contribution in [-0.2, 0) is 26.2 Å². The van der Waals surface area contributed by atoms with Gasteiger partial charge in [-0.1, -0.05) is 34.6 Å². The lowest BCUT2D eigenvalue weighted by Crippen LogP contribution is -2.43. The normalized spacial score (nSPS) is 19.8. The number of oxazole rings is 1. The van der Waals surface area contributed by atoms with Crippen LogP contribution in [0.25, 0.3) is 0 Å². The van der Waals surface area contributed by atoms with Crippen LogP contribution in [0.5, 0.6) is 0 Å². The maximum Gasteiger partial charge on any atom is 0.287 e. The fraction of sp³-hybridized carbons (Fsp3) is 0.684. The third-order valence-electron chi connectivity index (χ3n) is 4.73. The van der Waals surface area contributed by atoms with Crippen molar-refractivity contribution in [1.29, 1.82) is 0 Å². The van der Waals surface area contributed by atoms with Gasteiger partial charge in [-0.25, -0.2) is 4.98 Å². The molecule has 2 heterocycles. The Morgan fingerprint density at radius 1 is 1.36 bits per heavy atom. The summed E-state index contributed by atoms with van der Waals surface area (Å²) in [5.74, 6) is -0.396. The minimum Gasteiger partial charge on any atom is -0.445 e. The van der Waals surface area contributed by atoms with Gasteiger partial charge in [0.25, 0.3) is 5.91 Å². The van der Waals surface area contributed by atoms with E-state index in [-0.39, 0.29) is 29.5 Å². The van der Waals surface area contributed by atoms with E-state index < -0.39 is 17.6 Å². The van der Waals surface area contributed by atoms with Crippen LogP contribution in [0.2, 0.25) is 0 Å². The second-order valence-electron chi connectivity index (χ2n) is 8.20. The maximum atomic E-state index is 12.8. The Balaban J connectivity index is 2.07. The summed E-state index contributed by atoms with van der Waals surface area (Å²) in [5, 5.41) is 2.52. The number of hydrogen-bond donors (Lipinski definition) is 1. The number of aromatic nitrogens is 1. The summed E-state index contributed by atoms with van der Waals surface area (Å²) in [4.78, 5) is 40.5. The fourth-order valence-corrected chi connectivity index (χ4v) is 3.01. The molecule has 0 aromatic carbocycles. The van der Waals surface area contributed by atoms with E-state index in [0.29, 0.717) is 25.3 Å². The molecule has 6 heteroatoms. The third-order valence-corrected chi connectivity index (χ3v) is 4.73. The van der Waals surface area contributed by atoms with Crippen LogP contribution in [-0.4, -0.2) is 29.0 Å². The average molecular weight is 348 g/mol. The molecule has 0 radical (unpaired) electrons. The molecule has 0 spiro atoms. The molecule has 25 heavy (non-hydrogen) atoms. The van der Waals surface area contributed by atoms with E-state index >= 15 is 0 Å². The highest BCUT2D eigenvalue weighted by Crippen LogP contribution is 2.27. The van der Waals surface area contributed by atoms with Crippen molar-refractivity contribution in [3.05, 3.63) is 17.8 Å². The van der Waals surface area contributed by atoms with Crippen molar-refractivity contribution in [2.24, 2.45) is 17.8 Å². The van der Waals surface area contributed by atoms with E-state index in [1.165, 1.54) is 0 Å². The Labute approximate surface area is 148 Å². The maximum absolute atomic E-state index is 12.8. The zero-order chi connectivity index (χ0) is 18.8. The number of piperidine rings is 1. The Morgan fingerprint density at radius 2 is 2.04 bits per heavy atom. The molecular weight excluding hydrogens is 320 g/mol. The van der Waals surface area contributed by atoms with Crippen molar-refractivity contribution in [3.8, 4) is 0 Å². The first-order valence-electron chi connectivity index (χ1n) is 8.89. The molecule has 2 atom stereocenters. The number of carbonyl (C=O) groups is 3. The first-order chi connectivity index (χ1) is 11.6. The Bertz CT molecular complexity index is 655. The predicted molar refractivity (Wildman–Crippen MR) is 93.0 cm³/mol. The van der Waals surface area contributed by atoms with Crippen LogP contribution in [0.1, 0.15) is 59.1 Å².